The molecule has 5 nitrogen and oxygen atoms in total. The van der Waals surface area contributed by atoms with E-state index in [4.69, 9.17) is 9.72 Å². The Morgan fingerprint density at radius 1 is 0.426 bits per heavy atom. The lowest BCUT2D eigenvalue weighted by Gasteiger charge is -2.30. The normalized spacial score (nSPS) is 13.8. The molecule has 0 atom stereocenters. The molecule has 3 heterocycles. The number of hydrogen-bond donors (Lipinski definition) is 0. The van der Waals surface area contributed by atoms with Gasteiger partial charge in [-0.2, -0.15) is 0 Å². The third kappa shape index (κ3) is 8.70. The molecule has 1 aliphatic heterocycles. The van der Waals surface area contributed by atoms with Crippen LogP contribution in [0, 0.1) is 13.8 Å². The van der Waals surface area contributed by atoms with Gasteiger partial charge in [0.2, 0.25) is 0 Å². The highest BCUT2D eigenvalue weighted by molar-refractivity contribution is 6.10. The van der Waals surface area contributed by atoms with E-state index in [-0.39, 0.29) is 27.1 Å². The zero-order valence-corrected chi connectivity index (χ0v) is 43.6. The van der Waals surface area contributed by atoms with Crippen LogP contribution >= 0.6 is 0 Å². The first-order chi connectivity index (χ1) is 31.8. The van der Waals surface area contributed by atoms with Gasteiger partial charge in [0.25, 0.3) is 0 Å². The maximum Gasteiger partial charge on any atom is 0.137 e. The number of aryl methyl sites for hydroxylation is 2. The minimum absolute atomic E-state index is 0.00254. The largest absolute Gasteiger partial charge is 0.457 e. The van der Waals surface area contributed by atoms with Crippen LogP contribution in [0.4, 0.5) is 22.7 Å². The van der Waals surface area contributed by atoms with E-state index in [9.17, 15) is 0 Å². The summed E-state index contributed by atoms with van der Waals surface area (Å²) in [6, 6.07) is 47.6. The van der Waals surface area contributed by atoms with Crippen molar-refractivity contribution < 1.29 is 4.74 Å². The predicted molar refractivity (Wildman–Crippen MR) is 290 cm³/mol. The van der Waals surface area contributed by atoms with Crippen molar-refractivity contribution in [2.24, 2.45) is 0 Å². The average molecular weight is 901 g/mol. The molecule has 9 rings (SSSR count). The first-order valence-electron chi connectivity index (χ1n) is 24.5. The molecule has 0 aliphatic carbocycles. The van der Waals surface area contributed by atoms with Crippen LogP contribution in [-0.2, 0) is 27.1 Å². The second-order valence-corrected chi connectivity index (χ2v) is 24.1. The van der Waals surface area contributed by atoms with E-state index in [1.807, 2.05) is 6.20 Å². The molecule has 1 aliphatic rings. The van der Waals surface area contributed by atoms with Crippen molar-refractivity contribution in [1.29, 1.82) is 0 Å². The van der Waals surface area contributed by atoms with Crippen molar-refractivity contribution in [3.8, 4) is 17.3 Å². The Balaban J connectivity index is 1.22. The fourth-order valence-corrected chi connectivity index (χ4v) is 9.69. The van der Waals surface area contributed by atoms with Crippen LogP contribution in [-0.4, -0.2) is 16.2 Å². The van der Waals surface area contributed by atoms with Crippen LogP contribution in [0.25, 0.3) is 27.6 Å². The number of pyridine rings is 1. The van der Waals surface area contributed by atoms with Crippen molar-refractivity contribution in [3.05, 3.63) is 178 Å². The number of anilines is 4. The summed E-state index contributed by atoms with van der Waals surface area (Å²) in [7, 11) is 0. The number of ether oxygens (including phenoxy) is 1. The number of benzene rings is 6. The van der Waals surface area contributed by atoms with E-state index < -0.39 is 0 Å². The molecular weight excluding hydrogens is 829 g/mol. The summed E-state index contributed by atoms with van der Waals surface area (Å²) in [5, 5.41) is 2.38. The van der Waals surface area contributed by atoms with Crippen LogP contribution in [0.3, 0.4) is 0 Å². The molecule has 5 heteroatoms. The molecule has 0 unspecified atom stereocenters. The summed E-state index contributed by atoms with van der Waals surface area (Å²) in [5.41, 5.74) is 16.7. The third-order valence-corrected chi connectivity index (χ3v) is 14.5. The summed E-state index contributed by atoms with van der Waals surface area (Å²) in [6.07, 6.45) is 1.95. The Hall–Kier alpha value is -6.33. The van der Waals surface area contributed by atoms with Gasteiger partial charge in [0, 0.05) is 45.9 Å². The van der Waals surface area contributed by atoms with Crippen molar-refractivity contribution in [3.63, 3.8) is 0 Å². The lowest BCUT2D eigenvalue weighted by atomic mass is 9.78. The highest BCUT2D eigenvalue weighted by atomic mass is 16.5. The van der Waals surface area contributed by atoms with E-state index >= 15 is 0 Å². The maximum absolute atomic E-state index is 7.18. The van der Waals surface area contributed by atoms with E-state index in [0.717, 1.165) is 34.0 Å². The zero-order chi connectivity index (χ0) is 48.9. The second-order valence-electron chi connectivity index (χ2n) is 24.1. The summed E-state index contributed by atoms with van der Waals surface area (Å²) in [6.45, 7) is 37.3. The van der Waals surface area contributed by atoms with Crippen LogP contribution in [0.15, 0.2) is 134 Å². The number of aromatic nitrogens is 2. The molecule has 0 amide bonds. The van der Waals surface area contributed by atoms with Crippen LogP contribution < -0.4 is 14.5 Å². The average Bonchev–Trinajstić information content (AvgIpc) is 3.80. The molecule has 68 heavy (non-hydrogen) atoms. The molecule has 2 aromatic heterocycles. The minimum atomic E-state index is -0.325. The van der Waals surface area contributed by atoms with Gasteiger partial charge < -0.3 is 14.5 Å². The molecule has 6 aromatic carbocycles. The van der Waals surface area contributed by atoms with Gasteiger partial charge in [0.1, 0.15) is 24.0 Å². The summed E-state index contributed by atoms with van der Waals surface area (Å²) in [5.74, 6) is 2.46. The molecule has 0 bridgehead atoms. The standard InChI is InChI=1S/C63H72N4O/c1-40-28-56-57(29-41(40)2)66(39-65(56)48-31-45(61(9,10)11)30-46(32-48)62(12,13)14)49-33-47(63(15,16)42-20-18-17-19-21-42)34-51(37-49)68-50-23-24-52-53-35-43(59(3,4)5)22-25-54(53)67(55(52)38-50)58-36-44(26-27-64-58)60(6,7)8/h17-38H,39H2,1-16H3. The second kappa shape index (κ2) is 16.4. The molecule has 0 fully saturated rings. The third-order valence-electron chi connectivity index (χ3n) is 14.5. The Morgan fingerprint density at radius 2 is 0.985 bits per heavy atom. The van der Waals surface area contributed by atoms with Crippen LogP contribution in [0.1, 0.15) is 141 Å². The SMILES string of the molecule is Cc1cc2c(cc1C)N(c1cc(Oc3ccc4c5cc(C(C)(C)C)ccc5n(-c5cc(C(C)(C)C)ccn5)c4c3)cc(C(C)(C)c3ccccc3)c1)CN2c1cc(C(C)(C)C)cc(C(C)(C)C)c1. The lowest BCUT2D eigenvalue weighted by Crippen LogP contribution is -2.26. The highest BCUT2D eigenvalue weighted by Crippen LogP contribution is 2.49. The topological polar surface area (TPSA) is 33.5 Å². The van der Waals surface area contributed by atoms with Gasteiger partial charge in [-0.1, -0.05) is 139 Å². The highest BCUT2D eigenvalue weighted by Gasteiger charge is 2.33. The number of rotatable bonds is 7. The van der Waals surface area contributed by atoms with Gasteiger partial charge in [-0.05, 0) is 153 Å². The van der Waals surface area contributed by atoms with Gasteiger partial charge in [-0.25, -0.2) is 4.98 Å². The van der Waals surface area contributed by atoms with Crippen molar-refractivity contribution in [2.45, 2.75) is 138 Å². The van der Waals surface area contributed by atoms with Gasteiger partial charge in [-0.3, -0.25) is 4.57 Å². The fourth-order valence-electron chi connectivity index (χ4n) is 9.69. The molecule has 0 spiro atoms. The van der Waals surface area contributed by atoms with Crippen molar-refractivity contribution in [1.82, 2.24) is 9.55 Å². The Morgan fingerprint density at radius 3 is 1.57 bits per heavy atom. The first kappa shape index (κ1) is 46.8. The van der Waals surface area contributed by atoms with Gasteiger partial charge >= 0.3 is 0 Å². The molecule has 0 N–H and O–H groups in total. The number of fused-ring (bicyclic) bond motifs is 4. The molecule has 350 valence electrons. The summed E-state index contributed by atoms with van der Waals surface area (Å²) >= 11 is 0. The smallest absolute Gasteiger partial charge is 0.137 e. The minimum Gasteiger partial charge on any atom is -0.457 e. The first-order valence-corrected chi connectivity index (χ1v) is 24.5. The van der Waals surface area contributed by atoms with Crippen molar-refractivity contribution in [2.75, 3.05) is 16.5 Å². The Kier molecular flexibility index (Phi) is 11.3. The monoisotopic (exact) mass is 901 g/mol. The molecule has 0 saturated carbocycles. The maximum atomic E-state index is 7.18. The zero-order valence-electron chi connectivity index (χ0n) is 43.6. The van der Waals surface area contributed by atoms with Crippen LogP contribution in [0.5, 0.6) is 11.5 Å². The summed E-state index contributed by atoms with van der Waals surface area (Å²) in [4.78, 5) is 10.0. The van der Waals surface area contributed by atoms with Gasteiger partial charge in [0.15, 0.2) is 0 Å². The molecule has 8 aromatic rings. The molecular formula is C63H72N4O. The van der Waals surface area contributed by atoms with Gasteiger partial charge in [0.05, 0.1) is 22.4 Å². The lowest BCUT2D eigenvalue weighted by molar-refractivity contribution is 0.480. The number of hydrogen-bond acceptors (Lipinski definition) is 4. The Labute approximate surface area is 406 Å². The molecule has 0 saturated heterocycles. The predicted octanol–water partition coefficient (Wildman–Crippen LogP) is 17.4. The fraction of sp³-hybridized carbons (Fsp3) is 0.349. The molecule has 0 radical (unpaired) electrons. The van der Waals surface area contributed by atoms with E-state index in [0.29, 0.717) is 6.67 Å². The van der Waals surface area contributed by atoms with E-state index in [1.165, 1.54) is 72.3 Å². The van der Waals surface area contributed by atoms with Crippen LogP contribution in [0.2, 0.25) is 0 Å². The van der Waals surface area contributed by atoms with Crippen molar-refractivity contribution >= 4 is 44.6 Å². The Bertz CT molecular complexity index is 3180. The summed E-state index contributed by atoms with van der Waals surface area (Å²) < 4.78 is 9.49. The number of nitrogens with zero attached hydrogens (tertiary/aromatic N) is 4. The quantitative estimate of drug-likeness (QED) is 0.160. The van der Waals surface area contributed by atoms with E-state index in [1.54, 1.807) is 0 Å². The van der Waals surface area contributed by atoms with Gasteiger partial charge in [-0.15, -0.1) is 0 Å². The van der Waals surface area contributed by atoms with E-state index in [2.05, 4.69) is 253 Å².